The Kier molecular flexibility index (Phi) is 10.3. The second-order valence-electron chi connectivity index (χ2n) is 5.70. The zero-order valence-electron chi connectivity index (χ0n) is 15.2. The number of benzene rings is 2. The van der Waals surface area contributed by atoms with Crippen LogP contribution in [-0.4, -0.2) is 25.5 Å². The Balaban J connectivity index is 0.00000364. The van der Waals surface area contributed by atoms with Gasteiger partial charge in [0.1, 0.15) is 5.82 Å². The van der Waals surface area contributed by atoms with E-state index in [1.165, 1.54) is 6.07 Å². The maximum absolute atomic E-state index is 13.6. The minimum Gasteiger partial charge on any atom is -0.356 e. The summed E-state index contributed by atoms with van der Waals surface area (Å²) in [6.07, 6.45) is 0.284. The molecule has 0 saturated heterocycles. The molecular formula is C19H23BrFIN4O. The molecule has 0 heterocycles. The van der Waals surface area contributed by atoms with Crippen LogP contribution in [0.2, 0.25) is 0 Å². The lowest BCUT2D eigenvalue weighted by Gasteiger charge is -2.13. The maximum atomic E-state index is 13.6. The molecule has 0 fully saturated rings. The van der Waals surface area contributed by atoms with Crippen LogP contribution in [0.25, 0.3) is 0 Å². The van der Waals surface area contributed by atoms with Gasteiger partial charge in [0, 0.05) is 42.3 Å². The first-order valence-electron chi connectivity index (χ1n) is 8.23. The van der Waals surface area contributed by atoms with Crippen molar-refractivity contribution in [3.05, 3.63) is 63.9 Å². The van der Waals surface area contributed by atoms with Crippen molar-refractivity contribution >= 4 is 57.5 Å². The topological polar surface area (TPSA) is 65.5 Å². The number of nitrogens with one attached hydrogen (secondary N) is 3. The van der Waals surface area contributed by atoms with Gasteiger partial charge in [0.25, 0.3) is 0 Å². The fraction of sp³-hybridized carbons (Fsp3) is 0.263. The molecule has 2 aromatic rings. The first kappa shape index (κ1) is 23.4. The van der Waals surface area contributed by atoms with Gasteiger partial charge in [-0.3, -0.25) is 9.79 Å². The van der Waals surface area contributed by atoms with Crippen LogP contribution in [0.1, 0.15) is 17.5 Å². The predicted octanol–water partition coefficient (Wildman–Crippen LogP) is 4.21. The van der Waals surface area contributed by atoms with Gasteiger partial charge in [-0.2, -0.15) is 0 Å². The van der Waals surface area contributed by atoms with E-state index in [1.807, 2.05) is 25.1 Å². The second-order valence-corrected chi connectivity index (χ2v) is 6.62. The van der Waals surface area contributed by atoms with Gasteiger partial charge in [-0.15, -0.1) is 24.0 Å². The van der Waals surface area contributed by atoms with E-state index in [1.54, 1.807) is 25.2 Å². The van der Waals surface area contributed by atoms with Crippen molar-refractivity contribution in [1.29, 1.82) is 0 Å². The molecule has 1 amide bonds. The summed E-state index contributed by atoms with van der Waals surface area (Å²) in [6, 6.07) is 12.3. The highest BCUT2D eigenvalue weighted by molar-refractivity contribution is 14.0. The molecule has 0 aromatic heterocycles. The fourth-order valence-electron chi connectivity index (χ4n) is 2.28. The molecule has 27 heavy (non-hydrogen) atoms. The molecule has 5 nitrogen and oxygen atoms in total. The number of guanidine groups is 1. The molecule has 0 aliphatic heterocycles. The third-order valence-electron chi connectivity index (χ3n) is 3.75. The number of carbonyl (C=O) groups is 1. The quantitative estimate of drug-likeness (QED) is 0.288. The SMILES string of the molecule is CN=C(NCCC(=O)Nc1cc(Br)ccc1C)NCc1ccccc1F.I. The number of anilines is 1. The first-order valence-corrected chi connectivity index (χ1v) is 9.03. The smallest absolute Gasteiger partial charge is 0.226 e. The number of hydrogen-bond acceptors (Lipinski definition) is 2. The average Bonchev–Trinajstić information content (AvgIpc) is 2.62. The molecule has 3 N–H and O–H groups in total. The summed E-state index contributed by atoms with van der Waals surface area (Å²) in [5.41, 5.74) is 2.33. The van der Waals surface area contributed by atoms with E-state index in [9.17, 15) is 9.18 Å². The lowest BCUT2D eigenvalue weighted by Crippen LogP contribution is -2.38. The monoisotopic (exact) mass is 548 g/mol. The highest BCUT2D eigenvalue weighted by Crippen LogP contribution is 2.20. The molecule has 8 heteroatoms. The number of aryl methyl sites for hydroxylation is 1. The summed E-state index contributed by atoms with van der Waals surface area (Å²) in [7, 11) is 1.63. The summed E-state index contributed by atoms with van der Waals surface area (Å²) >= 11 is 3.39. The molecule has 0 atom stereocenters. The summed E-state index contributed by atoms with van der Waals surface area (Å²) in [5.74, 6) is 0.155. The third kappa shape index (κ3) is 7.84. The third-order valence-corrected chi connectivity index (χ3v) is 4.24. The molecule has 0 aliphatic carbocycles. The molecule has 0 spiro atoms. The van der Waals surface area contributed by atoms with Gasteiger partial charge in [0.2, 0.25) is 5.91 Å². The van der Waals surface area contributed by atoms with E-state index < -0.39 is 0 Å². The van der Waals surface area contributed by atoms with Gasteiger partial charge in [-0.1, -0.05) is 40.2 Å². The molecule has 146 valence electrons. The molecule has 2 aromatic carbocycles. The number of rotatable bonds is 6. The number of aliphatic imine (C=N–C) groups is 1. The lowest BCUT2D eigenvalue weighted by atomic mass is 10.2. The van der Waals surface area contributed by atoms with Crippen LogP contribution in [0.4, 0.5) is 10.1 Å². The summed E-state index contributed by atoms with van der Waals surface area (Å²) < 4.78 is 14.5. The van der Waals surface area contributed by atoms with Crippen LogP contribution in [0, 0.1) is 12.7 Å². The zero-order valence-corrected chi connectivity index (χ0v) is 19.1. The number of hydrogen-bond donors (Lipinski definition) is 3. The van der Waals surface area contributed by atoms with Crippen LogP contribution < -0.4 is 16.0 Å². The number of carbonyl (C=O) groups excluding carboxylic acids is 1. The zero-order chi connectivity index (χ0) is 18.9. The standard InChI is InChI=1S/C19H22BrFN4O.HI/c1-13-7-8-15(20)11-17(13)25-18(26)9-10-23-19(22-2)24-12-14-5-3-4-6-16(14)21;/h3-8,11H,9-10,12H2,1-2H3,(H,25,26)(H2,22,23,24);1H. The van der Waals surface area contributed by atoms with Gasteiger partial charge >= 0.3 is 0 Å². The Bertz CT molecular complexity index is 801. The van der Waals surface area contributed by atoms with Crippen molar-refractivity contribution in [1.82, 2.24) is 10.6 Å². The van der Waals surface area contributed by atoms with Crippen molar-refractivity contribution < 1.29 is 9.18 Å². The highest BCUT2D eigenvalue weighted by atomic mass is 127. The van der Waals surface area contributed by atoms with Crippen LogP contribution >= 0.6 is 39.9 Å². The van der Waals surface area contributed by atoms with Gasteiger partial charge < -0.3 is 16.0 Å². The van der Waals surface area contributed by atoms with Crippen LogP contribution in [-0.2, 0) is 11.3 Å². The lowest BCUT2D eigenvalue weighted by molar-refractivity contribution is -0.116. The second kappa shape index (κ2) is 11.9. The minimum absolute atomic E-state index is 0. The van der Waals surface area contributed by atoms with Gasteiger partial charge in [-0.25, -0.2) is 4.39 Å². The Morgan fingerprint density at radius 3 is 2.63 bits per heavy atom. The number of halogens is 3. The van der Waals surface area contributed by atoms with E-state index in [2.05, 4.69) is 36.9 Å². The predicted molar refractivity (Wildman–Crippen MR) is 122 cm³/mol. The molecule has 0 saturated carbocycles. The molecule has 0 aliphatic rings. The van der Waals surface area contributed by atoms with E-state index in [0.29, 0.717) is 24.6 Å². The normalized spacial score (nSPS) is 10.7. The Morgan fingerprint density at radius 2 is 1.93 bits per heavy atom. The van der Waals surface area contributed by atoms with Crippen molar-refractivity contribution in [2.75, 3.05) is 18.9 Å². The Labute approximate surface area is 184 Å². The summed E-state index contributed by atoms with van der Waals surface area (Å²) in [4.78, 5) is 16.2. The van der Waals surface area contributed by atoms with Crippen molar-refractivity contribution in [2.24, 2.45) is 4.99 Å². The highest BCUT2D eigenvalue weighted by Gasteiger charge is 2.07. The number of nitrogens with zero attached hydrogens (tertiary/aromatic N) is 1. The Morgan fingerprint density at radius 1 is 1.19 bits per heavy atom. The van der Waals surface area contributed by atoms with E-state index >= 15 is 0 Å². The fourth-order valence-corrected chi connectivity index (χ4v) is 2.64. The van der Waals surface area contributed by atoms with E-state index in [-0.39, 0.29) is 42.1 Å². The first-order chi connectivity index (χ1) is 12.5. The van der Waals surface area contributed by atoms with Gasteiger partial charge in [0.15, 0.2) is 5.96 Å². The van der Waals surface area contributed by atoms with Crippen LogP contribution in [0.5, 0.6) is 0 Å². The molecule has 0 radical (unpaired) electrons. The molecular weight excluding hydrogens is 526 g/mol. The molecule has 0 unspecified atom stereocenters. The van der Waals surface area contributed by atoms with Crippen LogP contribution in [0.3, 0.4) is 0 Å². The largest absolute Gasteiger partial charge is 0.356 e. The van der Waals surface area contributed by atoms with Crippen molar-refractivity contribution in [3.8, 4) is 0 Å². The molecule has 2 rings (SSSR count). The average molecular weight is 549 g/mol. The number of amides is 1. The van der Waals surface area contributed by atoms with Gasteiger partial charge in [0.05, 0.1) is 0 Å². The molecule has 0 bridgehead atoms. The van der Waals surface area contributed by atoms with E-state index in [4.69, 9.17) is 0 Å². The van der Waals surface area contributed by atoms with E-state index in [0.717, 1.165) is 15.7 Å². The summed E-state index contributed by atoms with van der Waals surface area (Å²) in [6.45, 7) is 2.67. The Hall–Kier alpha value is -1.68. The van der Waals surface area contributed by atoms with Crippen molar-refractivity contribution in [2.45, 2.75) is 19.9 Å². The van der Waals surface area contributed by atoms with Gasteiger partial charge in [-0.05, 0) is 30.7 Å². The summed E-state index contributed by atoms with van der Waals surface area (Å²) in [5, 5.41) is 8.96. The minimum atomic E-state index is -0.265. The van der Waals surface area contributed by atoms with Crippen molar-refractivity contribution in [3.63, 3.8) is 0 Å². The maximum Gasteiger partial charge on any atom is 0.226 e. The van der Waals surface area contributed by atoms with Crippen LogP contribution in [0.15, 0.2) is 51.9 Å².